The van der Waals surface area contributed by atoms with E-state index >= 15 is 0 Å². The van der Waals surface area contributed by atoms with Gasteiger partial charge in [0.25, 0.3) is 0 Å². The lowest BCUT2D eigenvalue weighted by Gasteiger charge is -2.18. The summed E-state index contributed by atoms with van der Waals surface area (Å²) >= 11 is 0. The zero-order valence-electron chi connectivity index (χ0n) is 12.0. The molecule has 0 amide bonds. The van der Waals surface area contributed by atoms with Crippen LogP contribution < -0.4 is 10.6 Å². The highest BCUT2D eigenvalue weighted by atomic mass is 32.2. The fourth-order valence-electron chi connectivity index (χ4n) is 1.37. The molecule has 6 heteroatoms. The van der Waals surface area contributed by atoms with E-state index < -0.39 is 10.8 Å². The van der Waals surface area contributed by atoms with Crippen molar-refractivity contribution in [3.05, 3.63) is 24.2 Å². The molecule has 0 radical (unpaired) electrons. The third kappa shape index (κ3) is 5.92. The van der Waals surface area contributed by atoms with Gasteiger partial charge in [-0.05, 0) is 32.9 Å². The summed E-state index contributed by atoms with van der Waals surface area (Å²) in [7, 11) is 0.854. The third-order valence-electron chi connectivity index (χ3n) is 2.50. The Kier molecular flexibility index (Phi) is 6.08. The van der Waals surface area contributed by atoms with Gasteiger partial charge in [-0.2, -0.15) is 0 Å². The summed E-state index contributed by atoms with van der Waals surface area (Å²) in [5.41, 5.74) is 0. The van der Waals surface area contributed by atoms with Gasteiger partial charge in [-0.1, -0.05) is 0 Å². The van der Waals surface area contributed by atoms with Crippen LogP contribution in [-0.2, 0) is 17.3 Å². The van der Waals surface area contributed by atoms with Crippen LogP contribution in [0.2, 0.25) is 0 Å². The average molecular weight is 285 g/mol. The normalized spacial score (nSPS) is 14.2. The van der Waals surface area contributed by atoms with Gasteiger partial charge in [-0.15, -0.1) is 0 Å². The molecule has 0 fully saturated rings. The Hall–Kier alpha value is -1.30. The fraction of sp³-hybridized carbons (Fsp3) is 0.615. The predicted octanol–water partition coefficient (Wildman–Crippen LogP) is 1.49. The highest BCUT2D eigenvalue weighted by Crippen LogP contribution is 2.10. The largest absolute Gasteiger partial charge is 0.467 e. The minimum atomic E-state index is -0.853. The second-order valence-corrected chi connectivity index (χ2v) is 7.42. The van der Waals surface area contributed by atoms with Gasteiger partial charge < -0.3 is 15.1 Å². The average Bonchev–Trinajstić information content (AvgIpc) is 2.85. The summed E-state index contributed by atoms with van der Waals surface area (Å²) in [5.74, 6) is 2.13. The van der Waals surface area contributed by atoms with Gasteiger partial charge in [0.2, 0.25) is 0 Å². The van der Waals surface area contributed by atoms with E-state index in [4.69, 9.17) is 4.42 Å². The van der Waals surface area contributed by atoms with Gasteiger partial charge in [0.1, 0.15) is 5.76 Å². The number of hydrogen-bond acceptors (Lipinski definition) is 3. The molecule has 0 spiro atoms. The second-order valence-electron chi connectivity index (χ2n) is 5.09. The van der Waals surface area contributed by atoms with Crippen molar-refractivity contribution in [1.29, 1.82) is 0 Å². The lowest BCUT2D eigenvalue weighted by Crippen LogP contribution is -2.40. The van der Waals surface area contributed by atoms with Crippen LogP contribution >= 0.6 is 0 Å². The molecule has 1 rings (SSSR count). The number of nitrogens with one attached hydrogen (secondary N) is 2. The van der Waals surface area contributed by atoms with Crippen molar-refractivity contribution in [2.24, 2.45) is 4.99 Å². The van der Waals surface area contributed by atoms with E-state index in [9.17, 15) is 4.21 Å². The minimum Gasteiger partial charge on any atom is -0.467 e. The first-order valence-corrected chi connectivity index (χ1v) is 7.61. The third-order valence-corrected chi connectivity index (χ3v) is 4.44. The summed E-state index contributed by atoms with van der Waals surface area (Å²) in [6.45, 7) is 7.14. The van der Waals surface area contributed by atoms with Crippen LogP contribution in [0.5, 0.6) is 0 Å². The molecular formula is C13H23N3O2S. The monoisotopic (exact) mass is 285 g/mol. The zero-order chi connectivity index (χ0) is 14.3. The smallest absolute Gasteiger partial charge is 0.191 e. The first-order valence-electron chi connectivity index (χ1n) is 6.29. The molecular weight excluding hydrogens is 262 g/mol. The Morgan fingerprint density at radius 3 is 2.68 bits per heavy atom. The standard InChI is InChI=1S/C13H23N3O2S/c1-13(2,3)19(17)9-7-15-12(14-4)16-10-11-6-5-8-18-11/h5-6,8H,7,9-10H2,1-4H3,(H2,14,15,16). The van der Waals surface area contributed by atoms with E-state index in [1.165, 1.54) is 0 Å². The maximum absolute atomic E-state index is 11.9. The highest BCUT2D eigenvalue weighted by molar-refractivity contribution is 7.86. The molecule has 1 aromatic heterocycles. The van der Waals surface area contributed by atoms with Gasteiger partial charge in [-0.3, -0.25) is 9.20 Å². The van der Waals surface area contributed by atoms with Crippen LogP contribution in [0.3, 0.4) is 0 Å². The van der Waals surface area contributed by atoms with Gasteiger partial charge >= 0.3 is 0 Å². The van der Waals surface area contributed by atoms with Crippen LogP contribution in [-0.4, -0.2) is 34.3 Å². The topological polar surface area (TPSA) is 66.6 Å². The molecule has 19 heavy (non-hydrogen) atoms. The molecule has 1 aromatic rings. The van der Waals surface area contributed by atoms with Crippen molar-refractivity contribution in [2.75, 3.05) is 19.3 Å². The molecule has 2 N–H and O–H groups in total. The molecule has 0 aliphatic rings. The molecule has 0 aromatic carbocycles. The molecule has 108 valence electrons. The van der Waals surface area contributed by atoms with Crippen molar-refractivity contribution in [1.82, 2.24) is 10.6 Å². The maximum atomic E-state index is 11.9. The molecule has 0 aliphatic carbocycles. The summed E-state index contributed by atoms with van der Waals surface area (Å²) < 4.78 is 16.9. The van der Waals surface area contributed by atoms with E-state index in [1.807, 2.05) is 32.9 Å². The lowest BCUT2D eigenvalue weighted by molar-refractivity contribution is 0.501. The van der Waals surface area contributed by atoms with Crippen LogP contribution in [0.15, 0.2) is 27.8 Å². The summed E-state index contributed by atoms with van der Waals surface area (Å²) in [6, 6.07) is 3.74. The molecule has 5 nitrogen and oxygen atoms in total. The van der Waals surface area contributed by atoms with Crippen LogP contribution in [0, 0.1) is 0 Å². The van der Waals surface area contributed by atoms with Gasteiger partial charge in [0.15, 0.2) is 5.96 Å². The van der Waals surface area contributed by atoms with Crippen molar-refractivity contribution in [3.8, 4) is 0 Å². The summed E-state index contributed by atoms with van der Waals surface area (Å²) in [4.78, 5) is 4.10. The van der Waals surface area contributed by atoms with E-state index in [0.717, 1.165) is 5.76 Å². The van der Waals surface area contributed by atoms with Crippen LogP contribution in [0.25, 0.3) is 0 Å². The Morgan fingerprint density at radius 2 is 2.16 bits per heavy atom. The maximum Gasteiger partial charge on any atom is 0.191 e. The van der Waals surface area contributed by atoms with E-state index in [-0.39, 0.29) is 4.75 Å². The summed E-state index contributed by atoms with van der Waals surface area (Å²) in [5, 5.41) is 6.27. The fourth-order valence-corrected chi connectivity index (χ4v) is 2.27. The van der Waals surface area contributed by atoms with Crippen molar-refractivity contribution in [2.45, 2.75) is 32.1 Å². The number of nitrogens with zero attached hydrogens (tertiary/aromatic N) is 1. The number of rotatable bonds is 5. The molecule has 0 saturated heterocycles. The number of guanidine groups is 1. The quantitative estimate of drug-likeness (QED) is 0.635. The van der Waals surface area contributed by atoms with Gasteiger partial charge in [0.05, 0.1) is 12.8 Å². The molecule has 0 aliphatic heterocycles. The van der Waals surface area contributed by atoms with Crippen molar-refractivity contribution < 1.29 is 8.63 Å². The van der Waals surface area contributed by atoms with E-state index in [2.05, 4.69) is 15.6 Å². The molecule has 1 atom stereocenters. The lowest BCUT2D eigenvalue weighted by atomic mass is 10.3. The second kappa shape index (κ2) is 7.33. The van der Waals surface area contributed by atoms with Crippen LogP contribution in [0.4, 0.5) is 0 Å². The number of hydrogen-bond donors (Lipinski definition) is 2. The Labute approximate surface area is 117 Å². The molecule has 1 heterocycles. The molecule has 0 bridgehead atoms. The SMILES string of the molecule is CN=C(NCCS(=O)C(C)(C)C)NCc1ccco1. The van der Waals surface area contributed by atoms with Gasteiger partial charge in [-0.25, -0.2) is 0 Å². The van der Waals surface area contributed by atoms with Gasteiger partial charge in [0, 0.05) is 34.9 Å². The Balaban J connectivity index is 2.28. The number of furan rings is 1. The van der Waals surface area contributed by atoms with Crippen LogP contribution in [0.1, 0.15) is 26.5 Å². The minimum absolute atomic E-state index is 0.174. The number of aliphatic imine (C=N–C) groups is 1. The molecule has 1 unspecified atom stereocenters. The van der Waals surface area contributed by atoms with Crippen molar-refractivity contribution in [3.63, 3.8) is 0 Å². The predicted molar refractivity (Wildman–Crippen MR) is 79.7 cm³/mol. The first kappa shape index (κ1) is 15.8. The first-order chi connectivity index (χ1) is 8.93. The Morgan fingerprint density at radius 1 is 1.42 bits per heavy atom. The van der Waals surface area contributed by atoms with E-state index in [1.54, 1.807) is 13.3 Å². The van der Waals surface area contributed by atoms with E-state index in [0.29, 0.717) is 24.8 Å². The Bertz CT molecular complexity index is 422. The zero-order valence-corrected chi connectivity index (χ0v) is 12.8. The summed E-state index contributed by atoms with van der Waals surface area (Å²) in [6.07, 6.45) is 1.64. The highest BCUT2D eigenvalue weighted by Gasteiger charge is 2.18. The van der Waals surface area contributed by atoms with Crippen molar-refractivity contribution >= 4 is 16.8 Å². The molecule has 0 saturated carbocycles.